The number of nitrogens with zero attached hydrogens (tertiary/aromatic N) is 2. The van der Waals surface area contributed by atoms with Crippen LogP contribution in [0.3, 0.4) is 0 Å². The fourth-order valence-corrected chi connectivity index (χ4v) is 1.94. The predicted molar refractivity (Wildman–Crippen MR) is 63.2 cm³/mol. The van der Waals surface area contributed by atoms with Gasteiger partial charge in [-0.25, -0.2) is 9.78 Å². The first-order chi connectivity index (χ1) is 8.77. The summed E-state index contributed by atoms with van der Waals surface area (Å²) >= 11 is 2.99. The first-order valence-electron chi connectivity index (χ1n) is 4.93. The number of hydrogen-bond donors (Lipinski definition) is 1. The lowest BCUT2D eigenvalue weighted by molar-refractivity contribution is -0.137. The molecule has 2 rings (SSSR count). The average molecular weight is 335 g/mol. The Balaban J connectivity index is 2.50. The Morgan fingerprint density at radius 2 is 2.00 bits per heavy atom. The Labute approximate surface area is 113 Å². The standard InChI is InChI=1S/C11H6BrF3N2O2/c12-7-1-6(11(13,14)15)2-8(3-7)17-4-9(10(18)19)16-5-17/h1-5H,(H,18,19). The molecule has 8 heteroatoms. The van der Waals surface area contributed by atoms with Crippen LogP contribution in [0.5, 0.6) is 0 Å². The van der Waals surface area contributed by atoms with E-state index in [4.69, 9.17) is 5.11 Å². The van der Waals surface area contributed by atoms with Crippen LogP contribution >= 0.6 is 15.9 Å². The molecule has 0 aliphatic carbocycles. The van der Waals surface area contributed by atoms with Gasteiger partial charge in [-0.2, -0.15) is 13.2 Å². The highest BCUT2D eigenvalue weighted by molar-refractivity contribution is 9.10. The average Bonchev–Trinajstić information content (AvgIpc) is 2.76. The summed E-state index contributed by atoms with van der Waals surface area (Å²) in [5, 5.41) is 8.72. The molecule has 1 aromatic heterocycles. The van der Waals surface area contributed by atoms with Crippen LogP contribution in [0.1, 0.15) is 16.1 Å². The fraction of sp³-hybridized carbons (Fsp3) is 0.0909. The van der Waals surface area contributed by atoms with Crippen molar-refractivity contribution in [2.45, 2.75) is 6.18 Å². The Kier molecular flexibility index (Phi) is 3.36. The minimum absolute atomic E-state index is 0.168. The molecule has 0 unspecified atom stereocenters. The Morgan fingerprint density at radius 3 is 2.53 bits per heavy atom. The topological polar surface area (TPSA) is 55.1 Å². The maximum Gasteiger partial charge on any atom is 0.416 e. The lowest BCUT2D eigenvalue weighted by Crippen LogP contribution is -2.06. The summed E-state index contributed by atoms with van der Waals surface area (Å²) in [6.07, 6.45) is -2.19. The van der Waals surface area contributed by atoms with Gasteiger partial charge in [-0.1, -0.05) is 15.9 Å². The highest BCUT2D eigenvalue weighted by Crippen LogP contribution is 2.32. The molecular formula is C11H6BrF3N2O2. The van der Waals surface area contributed by atoms with Crippen LogP contribution < -0.4 is 0 Å². The van der Waals surface area contributed by atoms with Crippen LogP contribution in [0.2, 0.25) is 0 Å². The minimum Gasteiger partial charge on any atom is -0.476 e. The zero-order chi connectivity index (χ0) is 14.2. The smallest absolute Gasteiger partial charge is 0.416 e. The Bertz CT molecular complexity index is 637. The number of carboxylic acid groups (broad SMARTS) is 1. The molecule has 2 aromatic rings. The summed E-state index contributed by atoms with van der Waals surface area (Å²) in [5.41, 5.74) is -0.905. The van der Waals surface area contributed by atoms with Crippen molar-refractivity contribution in [3.8, 4) is 5.69 Å². The molecule has 0 atom stereocenters. The maximum absolute atomic E-state index is 12.7. The molecule has 4 nitrogen and oxygen atoms in total. The third kappa shape index (κ3) is 2.95. The van der Waals surface area contributed by atoms with Crippen molar-refractivity contribution in [2.75, 3.05) is 0 Å². The van der Waals surface area contributed by atoms with E-state index >= 15 is 0 Å². The van der Waals surface area contributed by atoms with Crippen molar-refractivity contribution in [1.82, 2.24) is 9.55 Å². The number of halogens is 4. The number of rotatable bonds is 2. The molecular weight excluding hydrogens is 329 g/mol. The summed E-state index contributed by atoms with van der Waals surface area (Å²) in [5.74, 6) is -1.25. The van der Waals surface area contributed by atoms with Crippen molar-refractivity contribution in [1.29, 1.82) is 0 Å². The summed E-state index contributed by atoms with van der Waals surface area (Å²) in [4.78, 5) is 14.3. The Morgan fingerprint density at radius 1 is 1.32 bits per heavy atom. The zero-order valence-electron chi connectivity index (χ0n) is 9.15. The van der Waals surface area contributed by atoms with Crippen LogP contribution in [-0.2, 0) is 6.18 Å². The highest BCUT2D eigenvalue weighted by atomic mass is 79.9. The summed E-state index contributed by atoms with van der Waals surface area (Å²) < 4.78 is 39.4. The molecule has 1 aromatic carbocycles. The van der Waals surface area contributed by atoms with Crippen molar-refractivity contribution < 1.29 is 23.1 Å². The molecule has 0 radical (unpaired) electrons. The van der Waals surface area contributed by atoms with Crippen molar-refractivity contribution >= 4 is 21.9 Å². The second-order valence-electron chi connectivity index (χ2n) is 3.67. The van der Waals surface area contributed by atoms with E-state index in [0.29, 0.717) is 0 Å². The fourth-order valence-electron chi connectivity index (χ4n) is 1.46. The number of alkyl halides is 3. The van der Waals surface area contributed by atoms with E-state index in [1.807, 2.05) is 0 Å². The summed E-state index contributed by atoms with van der Waals surface area (Å²) in [7, 11) is 0. The minimum atomic E-state index is -4.48. The molecule has 0 saturated carbocycles. The predicted octanol–water partition coefficient (Wildman–Crippen LogP) is 3.35. The van der Waals surface area contributed by atoms with Crippen molar-refractivity contribution in [3.05, 3.63) is 46.5 Å². The first-order valence-corrected chi connectivity index (χ1v) is 5.72. The van der Waals surface area contributed by atoms with Gasteiger partial charge in [0.15, 0.2) is 5.69 Å². The lowest BCUT2D eigenvalue weighted by Gasteiger charge is -2.10. The molecule has 0 bridgehead atoms. The second kappa shape index (κ2) is 4.69. The van der Waals surface area contributed by atoms with Gasteiger partial charge in [0.25, 0.3) is 0 Å². The molecule has 1 N–H and O–H groups in total. The van der Waals surface area contributed by atoms with E-state index in [0.717, 1.165) is 24.7 Å². The van der Waals surface area contributed by atoms with Crippen LogP contribution in [0.15, 0.2) is 35.2 Å². The van der Waals surface area contributed by atoms with Gasteiger partial charge in [-0.15, -0.1) is 0 Å². The normalized spacial score (nSPS) is 11.6. The SMILES string of the molecule is O=C(O)c1cn(-c2cc(Br)cc(C(F)(F)F)c2)cn1. The number of aromatic carboxylic acids is 1. The van der Waals surface area contributed by atoms with E-state index in [-0.39, 0.29) is 15.9 Å². The van der Waals surface area contributed by atoms with Crippen molar-refractivity contribution in [3.63, 3.8) is 0 Å². The Hall–Kier alpha value is -1.83. The van der Waals surface area contributed by atoms with Crippen LogP contribution in [-0.4, -0.2) is 20.6 Å². The molecule has 100 valence electrons. The molecule has 0 aliphatic heterocycles. The van der Waals surface area contributed by atoms with E-state index in [1.54, 1.807) is 0 Å². The molecule has 19 heavy (non-hydrogen) atoms. The van der Waals surface area contributed by atoms with Gasteiger partial charge in [0, 0.05) is 16.4 Å². The van der Waals surface area contributed by atoms with E-state index in [2.05, 4.69) is 20.9 Å². The number of aromatic nitrogens is 2. The van der Waals surface area contributed by atoms with Crippen LogP contribution in [0.4, 0.5) is 13.2 Å². The number of carboxylic acids is 1. The highest BCUT2D eigenvalue weighted by Gasteiger charge is 2.31. The van der Waals surface area contributed by atoms with Gasteiger partial charge in [-0.05, 0) is 18.2 Å². The molecule has 0 saturated heterocycles. The quantitative estimate of drug-likeness (QED) is 0.916. The largest absolute Gasteiger partial charge is 0.476 e. The summed E-state index contributed by atoms with van der Waals surface area (Å²) in [6.45, 7) is 0. The third-order valence-corrected chi connectivity index (χ3v) is 2.77. The van der Waals surface area contributed by atoms with Gasteiger partial charge >= 0.3 is 12.1 Å². The van der Waals surface area contributed by atoms with E-state index < -0.39 is 17.7 Å². The van der Waals surface area contributed by atoms with E-state index in [1.165, 1.54) is 10.6 Å². The lowest BCUT2D eigenvalue weighted by atomic mass is 10.2. The number of hydrogen-bond acceptors (Lipinski definition) is 2. The molecule has 0 amide bonds. The summed E-state index contributed by atoms with van der Waals surface area (Å²) in [6, 6.07) is 3.29. The van der Waals surface area contributed by atoms with Gasteiger partial charge in [-0.3, -0.25) is 0 Å². The van der Waals surface area contributed by atoms with Crippen LogP contribution in [0.25, 0.3) is 5.69 Å². The zero-order valence-corrected chi connectivity index (χ0v) is 10.7. The van der Waals surface area contributed by atoms with E-state index in [9.17, 15) is 18.0 Å². The van der Waals surface area contributed by atoms with Crippen molar-refractivity contribution in [2.24, 2.45) is 0 Å². The second-order valence-corrected chi connectivity index (χ2v) is 4.58. The van der Waals surface area contributed by atoms with Gasteiger partial charge < -0.3 is 9.67 Å². The molecule has 0 spiro atoms. The number of carbonyl (C=O) groups is 1. The molecule has 0 aliphatic rings. The van der Waals surface area contributed by atoms with Gasteiger partial charge in [0.1, 0.15) is 6.33 Å². The maximum atomic E-state index is 12.7. The van der Waals surface area contributed by atoms with Crippen LogP contribution in [0, 0.1) is 0 Å². The molecule has 0 fully saturated rings. The third-order valence-electron chi connectivity index (χ3n) is 2.31. The molecule has 1 heterocycles. The van der Waals surface area contributed by atoms with Gasteiger partial charge in [0.2, 0.25) is 0 Å². The number of imidazole rings is 1. The number of benzene rings is 1. The van der Waals surface area contributed by atoms with Gasteiger partial charge in [0.05, 0.1) is 5.56 Å². The first kappa shape index (κ1) is 13.6. The monoisotopic (exact) mass is 334 g/mol.